The van der Waals surface area contributed by atoms with E-state index in [1.54, 1.807) is 28.4 Å². The van der Waals surface area contributed by atoms with Crippen molar-refractivity contribution >= 4 is 40.0 Å². The number of nitrogens with zero attached hydrogens (tertiary/aromatic N) is 4. The van der Waals surface area contributed by atoms with Gasteiger partial charge in [0.1, 0.15) is 11.5 Å². The maximum atomic E-state index is 14.4. The number of halogens is 1. The van der Waals surface area contributed by atoms with Crippen LogP contribution in [0.1, 0.15) is 18.2 Å². The summed E-state index contributed by atoms with van der Waals surface area (Å²) in [6.07, 6.45) is 4.63. The molecule has 0 aliphatic rings. The number of hydrogen-bond donors (Lipinski definition) is 2. The molecule has 0 saturated heterocycles. The van der Waals surface area contributed by atoms with Crippen molar-refractivity contribution in [2.45, 2.75) is 13.5 Å². The highest BCUT2D eigenvalue weighted by atomic mass is 32.1. The van der Waals surface area contributed by atoms with E-state index < -0.39 is 11.7 Å². The summed E-state index contributed by atoms with van der Waals surface area (Å²) >= 11 is 1.18. The highest BCUT2D eigenvalue weighted by molar-refractivity contribution is 7.14. The zero-order chi connectivity index (χ0) is 23.2. The van der Waals surface area contributed by atoms with E-state index in [0.717, 1.165) is 5.56 Å². The van der Waals surface area contributed by atoms with E-state index in [0.29, 0.717) is 28.8 Å². The first-order valence-corrected chi connectivity index (χ1v) is 10.8. The normalized spacial score (nSPS) is 11.0. The molecule has 0 bridgehead atoms. The fourth-order valence-corrected chi connectivity index (χ4v) is 3.72. The lowest BCUT2D eigenvalue weighted by molar-refractivity contribution is -0.114. The third-order valence-corrected chi connectivity index (χ3v) is 5.21. The average Bonchev–Trinajstić information content (AvgIpc) is 3.42. The van der Waals surface area contributed by atoms with Gasteiger partial charge in [-0.25, -0.2) is 14.1 Å². The Kier molecular flexibility index (Phi) is 6.65. The fourth-order valence-electron chi connectivity index (χ4n) is 3.00. The second-order valence-corrected chi connectivity index (χ2v) is 7.92. The minimum absolute atomic E-state index is 0.270. The molecule has 0 spiro atoms. The molecule has 10 heteroatoms. The first kappa shape index (κ1) is 22.0. The maximum absolute atomic E-state index is 14.4. The number of carbonyl (C=O) groups excluding carboxylic acids is 2. The Hall–Kier alpha value is -4.18. The molecule has 33 heavy (non-hydrogen) atoms. The molecule has 2 aromatic heterocycles. The predicted octanol–water partition coefficient (Wildman–Crippen LogP) is 4.20. The minimum Gasteiger partial charge on any atom is -0.326 e. The van der Waals surface area contributed by atoms with Gasteiger partial charge in [0.15, 0.2) is 5.13 Å². The van der Waals surface area contributed by atoms with E-state index in [9.17, 15) is 14.0 Å². The molecule has 0 fully saturated rings. The zero-order valence-corrected chi connectivity index (χ0v) is 18.3. The van der Waals surface area contributed by atoms with E-state index in [-0.39, 0.29) is 11.5 Å². The van der Waals surface area contributed by atoms with Gasteiger partial charge in [-0.1, -0.05) is 35.5 Å². The molecular weight excluding hydrogens is 443 g/mol. The van der Waals surface area contributed by atoms with E-state index in [1.165, 1.54) is 36.5 Å². The molecule has 2 N–H and O–H groups in total. The standard InChI is InChI=1S/C23H19FN6O2S/c1-15(31)25-17-7-9-19(20(24)11-17)21-14-33-23(26-21)27-22(32)10-8-18-13-30(29-28-18)12-16-5-3-2-4-6-16/h2-11,13-14H,12H2,1H3,(H,25,31)(H,26,27,32)/b10-8+. The summed E-state index contributed by atoms with van der Waals surface area (Å²) in [7, 11) is 0. The first-order valence-electron chi connectivity index (χ1n) is 9.92. The smallest absolute Gasteiger partial charge is 0.250 e. The molecular formula is C23H19FN6O2S. The molecule has 4 rings (SSSR count). The topological polar surface area (TPSA) is 102 Å². The van der Waals surface area contributed by atoms with Crippen molar-refractivity contribution in [1.29, 1.82) is 0 Å². The fraction of sp³-hybridized carbons (Fsp3) is 0.0870. The summed E-state index contributed by atoms with van der Waals surface area (Å²) in [4.78, 5) is 27.6. The molecule has 8 nitrogen and oxygen atoms in total. The Balaban J connectivity index is 1.36. The van der Waals surface area contributed by atoms with Crippen molar-refractivity contribution in [3.63, 3.8) is 0 Å². The van der Waals surface area contributed by atoms with E-state index in [1.807, 2.05) is 30.3 Å². The number of benzene rings is 2. The molecule has 0 saturated carbocycles. The van der Waals surface area contributed by atoms with Crippen LogP contribution in [0.15, 0.2) is 66.2 Å². The number of hydrogen-bond acceptors (Lipinski definition) is 6. The summed E-state index contributed by atoms with van der Waals surface area (Å²) in [5, 5.41) is 15.2. The lowest BCUT2D eigenvalue weighted by atomic mass is 10.1. The number of nitrogens with one attached hydrogen (secondary N) is 2. The Bertz CT molecular complexity index is 1320. The van der Waals surface area contributed by atoms with Gasteiger partial charge in [-0.15, -0.1) is 16.4 Å². The monoisotopic (exact) mass is 462 g/mol. The van der Waals surface area contributed by atoms with Crippen LogP contribution in [-0.2, 0) is 16.1 Å². The number of carbonyl (C=O) groups is 2. The Morgan fingerprint density at radius 3 is 2.73 bits per heavy atom. The Morgan fingerprint density at radius 2 is 1.97 bits per heavy atom. The van der Waals surface area contributed by atoms with Crippen LogP contribution in [0, 0.1) is 5.82 Å². The van der Waals surface area contributed by atoms with Gasteiger partial charge in [-0.2, -0.15) is 0 Å². The maximum Gasteiger partial charge on any atom is 0.250 e. The first-order chi connectivity index (χ1) is 16.0. The van der Waals surface area contributed by atoms with Crippen LogP contribution in [0.2, 0.25) is 0 Å². The number of thiazole rings is 1. The Morgan fingerprint density at radius 1 is 1.15 bits per heavy atom. The van der Waals surface area contributed by atoms with Crippen LogP contribution in [0.3, 0.4) is 0 Å². The van der Waals surface area contributed by atoms with Gasteiger partial charge in [-0.3, -0.25) is 14.9 Å². The van der Waals surface area contributed by atoms with E-state index in [2.05, 4.69) is 25.9 Å². The van der Waals surface area contributed by atoms with Gasteiger partial charge < -0.3 is 5.32 Å². The second kappa shape index (κ2) is 9.96. The second-order valence-electron chi connectivity index (χ2n) is 7.06. The van der Waals surface area contributed by atoms with Crippen molar-refractivity contribution in [2.75, 3.05) is 10.6 Å². The van der Waals surface area contributed by atoms with Gasteiger partial charge in [0, 0.05) is 29.6 Å². The van der Waals surface area contributed by atoms with Gasteiger partial charge in [0.05, 0.1) is 18.4 Å². The predicted molar refractivity (Wildman–Crippen MR) is 125 cm³/mol. The van der Waals surface area contributed by atoms with Gasteiger partial charge in [0.2, 0.25) is 11.8 Å². The molecule has 0 aliphatic carbocycles. The minimum atomic E-state index is -0.525. The molecule has 2 amide bonds. The quantitative estimate of drug-likeness (QED) is 0.401. The number of rotatable bonds is 7. The number of aromatic nitrogens is 4. The molecule has 166 valence electrons. The summed E-state index contributed by atoms with van der Waals surface area (Å²) in [5.74, 6) is -1.20. The lowest BCUT2D eigenvalue weighted by Gasteiger charge is -2.04. The van der Waals surface area contributed by atoms with Crippen molar-refractivity contribution < 1.29 is 14.0 Å². The molecule has 0 atom stereocenters. The molecule has 0 aliphatic heterocycles. The van der Waals surface area contributed by atoms with Crippen LogP contribution in [0.5, 0.6) is 0 Å². The molecule has 2 heterocycles. The Labute approximate surface area is 192 Å². The van der Waals surface area contributed by atoms with Crippen LogP contribution in [0.25, 0.3) is 17.3 Å². The molecule has 0 radical (unpaired) electrons. The SMILES string of the molecule is CC(=O)Nc1ccc(-c2csc(NC(=O)/C=C/c3cn(Cc4ccccc4)nn3)n2)c(F)c1. The van der Waals surface area contributed by atoms with E-state index in [4.69, 9.17) is 0 Å². The highest BCUT2D eigenvalue weighted by Crippen LogP contribution is 2.28. The summed E-state index contributed by atoms with van der Waals surface area (Å²) in [6.45, 7) is 1.93. The van der Waals surface area contributed by atoms with Gasteiger partial charge >= 0.3 is 0 Å². The van der Waals surface area contributed by atoms with Gasteiger partial charge in [0.25, 0.3) is 0 Å². The van der Waals surface area contributed by atoms with E-state index >= 15 is 0 Å². The van der Waals surface area contributed by atoms with Crippen LogP contribution < -0.4 is 10.6 Å². The summed E-state index contributed by atoms with van der Waals surface area (Å²) in [5.41, 5.74) is 2.65. The van der Waals surface area contributed by atoms with Crippen molar-refractivity contribution in [2.24, 2.45) is 0 Å². The number of amides is 2. The summed E-state index contributed by atoms with van der Waals surface area (Å²) < 4.78 is 16.1. The molecule has 0 unspecified atom stereocenters. The lowest BCUT2D eigenvalue weighted by Crippen LogP contribution is -2.07. The largest absolute Gasteiger partial charge is 0.326 e. The molecule has 2 aromatic carbocycles. The zero-order valence-electron chi connectivity index (χ0n) is 17.5. The summed E-state index contributed by atoms with van der Waals surface area (Å²) in [6, 6.07) is 14.2. The van der Waals surface area contributed by atoms with Crippen molar-refractivity contribution in [1.82, 2.24) is 20.0 Å². The van der Waals surface area contributed by atoms with Gasteiger partial charge in [-0.05, 0) is 29.8 Å². The van der Waals surface area contributed by atoms with Crippen LogP contribution >= 0.6 is 11.3 Å². The van der Waals surface area contributed by atoms with Crippen molar-refractivity contribution in [3.8, 4) is 11.3 Å². The van der Waals surface area contributed by atoms with Crippen LogP contribution in [0.4, 0.5) is 15.2 Å². The third kappa shape index (κ3) is 5.95. The molecule has 4 aromatic rings. The van der Waals surface area contributed by atoms with Crippen LogP contribution in [-0.4, -0.2) is 31.8 Å². The highest BCUT2D eigenvalue weighted by Gasteiger charge is 2.12. The number of anilines is 2. The third-order valence-electron chi connectivity index (χ3n) is 4.45. The average molecular weight is 463 g/mol. The van der Waals surface area contributed by atoms with Crippen molar-refractivity contribution in [3.05, 3.63) is 83.3 Å².